The van der Waals surface area contributed by atoms with Crippen molar-refractivity contribution in [2.75, 3.05) is 31.1 Å². The van der Waals surface area contributed by atoms with E-state index in [0.717, 1.165) is 79.0 Å². The molecule has 172 valence electrons. The molecule has 3 N–H and O–H groups in total. The minimum Gasteiger partial charge on any atom is -0.391 e. The van der Waals surface area contributed by atoms with E-state index in [2.05, 4.69) is 30.8 Å². The maximum absolute atomic E-state index is 12.1. The third-order valence-electron chi connectivity index (χ3n) is 6.43. The Morgan fingerprint density at radius 2 is 1.94 bits per heavy atom. The van der Waals surface area contributed by atoms with Crippen LogP contribution in [0.25, 0.3) is 11.0 Å². The summed E-state index contributed by atoms with van der Waals surface area (Å²) in [5.41, 5.74) is 10.6. The van der Waals surface area contributed by atoms with Gasteiger partial charge in [-0.15, -0.1) is 0 Å². The molecule has 0 spiro atoms. The Bertz CT molecular complexity index is 1240. The van der Waals surface area contributed by atoms with E-state index in [9.17, 15) is 9.59 Å². The van der Waals surface area contributed by atoms with E-state index in [1.807, 2.05) is 25.3 Å². The third-order valence-corrected chi connectivity index (χ3v) is 6.43. The van der Waals surface area contributed by atoms with Gasteiger partial charge in [0.15, 0.2) is 0 Å². The van der Waals surface area contributed by atoms with Crippen molar-refractivity contribution >= 4 is 22.8 Å². The molecule has 3 aromatic rings. The lowest BCUT2D eigenvalue weighted by Gasteiger charge is -2.36. The van der Waals surface area contributed by atoms with Crippen LogP contribution >= 0.6 is 0 Å². The molecule has 2 aliphatic rings. The predicted octanol–water partition coefficient (Wildman–Crippen LogP) is 2.54. The summed E-state index contributed by atoms with van der Waals surface area (Å²) in [5.74, 6) is 0.730. The Balaban J connectivity index is 1.24. The van der Waals surface area contributed by atoms with Crippen LogP contribution in [0.15, 0.2) is 35.4 Å². The van der Waals surface area contributed by atoms with Crippen molar-refractivity contribution in [1.82, 2.24) is 19.9 Å². The number of nitrogens with one attached hydrogen (secondary N) is 1. The molecule has 4 heterocycles. The van der Waals surface area contributed by atoms with Crippen LogP contribution in [0, 0.1) is 0 Å². The molecular weight excluding hydrogens is 420 g/mol. The first kappa shape index (κ1) is 21.4. The van der Waals surface area contributed by atoms with Crippen molar-refractivity contribution < 1.29 is 9.53 Å². The molecular formula is C24H28N6O3. The van der Waals surface area contributed by atoms with E-state index in [0.29, 0.717) is 18.2 Å². The van der Waals surface area contributed by atoms with Crippen molar-refractivity contribution in [2.24, 2.45) is 5.73 Å². The molecule has 9 heteroatoms. The number of carbonyl (C=O) groups excluding carboxylic acids is 1. The first-order valence-electron chi connectivity index (χ1n) is 11.5. The Labute approximate surface area is 191 Å². The number of anilines is 1. The summed E-state index contributed by atoms with van der Waals surface area (Å²) >= 11 is 0. The van der Waals surface area contributed by atoms with Crippen molar-refractivity contribution in [2.45, 2.75) is 38.6 Å². The van der Waals surface area contributed by atoms with Crippen LogP contribution in [-0.4, -0.2) is 52.1 Å². The molecule has 1 aliphatic carbocycles. The molecule has 0 bridgehead atoms. The second-order valence-corrected chi connectivity index (χ2v) is 8.80. The van der Waals surface area contributed by atoms with E-state index in [-0.39, 0.29) is 5.56 Å². The molecule has 5 rings (SSSR count). The summed E-state index contributed by atoms with van der Waals surface area (Å²) in [4.78, 5) is 39.9. The first-order chi connectivity index (χ1) is 16.0. The molecule has 1 saturated carbocycles. The zero-order valence-electron chi connectivity index (χ0n) is 18.7. The second-order valence-electron chi connectivity index (χ2n) is 8.80. The number of aromatic amines is 1. The number of hydrogen-bond donors (Lipinski definition) is 2. The summed E-state index contributed by atoms with van der Waals surface area (Å²) < 4.78 is 5.10. The van der Waals surface area contributed by atoms with Crippen molar-refractivity contribution in [3.8, 4) is 5.88 Å². The fourth-order valence-electron chi connectivity index (χ4n) is 4.44. The molecule has 1 aliphatic heterocycles. The maximum atomic E-state index is 12.1. The van der Waals surface area contributed by atoms with Gasteiger partial charge in [0.2, 0.25) is 5.88 Å². The number of amides is 1. The van der Waals surface area contributed by atoms with Crippen LogP contribution in [-0.2, 0) is 13.0 Å². The summed E-state index contributed by atoms with van der Waals surface area (Å²) in [6.45, 7) is 6.31. The first-order valence-corrected chi connectivity index (χ1v) is 11.5. The van der Waals surface area contributed by atoms with Gasteiger partial charge < -0.3 is 20.4 Å². The van der Waals surface area contributed by atoms with Gasteiger partial charge >= 0.3 is 6.09 Å². The van der Waals surface area contributed by atoms with Crippen LogP contribution in [0.2, 0.25) is 0 Å². The number of primary amides is 1. The SMILES string of the molecule is CCc1cc2ncc(CN3CCN(c4cnc(OC(N)=O)c(C5CC5)c4)CC3)cc2[nH]c1=O. The molecule has 33 heavy (non-hydrogen) atoms. The van der Waals surface area contributed by atoms with Crippen LogP contribution in [0.4, 0.5) is 10.5 Å². The molecule has 1 saturated heterocycles. The number of aromatic nitrogens is 3. The summed E-state index contributed by atoms with van der Waals surface area (Å²) in [6.07, 6.45) is 5.68. The summed E-state index contributed by atoms with van der Waals surface area (Å²) in [7, 11) is 0. The van der Waals surface area contributed by atoms with E-state index >= 15 is 0 Å². The number of H-pyrrole nitrogens is 1. The van der Waals surface area contributed by atoms with Gasteiger partial charge in [-0.1, -0.05) is 6.92 Å². The Morgan fingerprint density at radius 3 is 2.64 bits per heavy atom. The number of fused-ring (bicyclic) bond motifs is 1. The molecule has 3 aromatic heterocycles. The van der Waals surface area contributed by atoms with Gasteiger partial charge in [0.25, 0.3) is 5.56 Å². The van der Waals surface area contributed by atoms with Crippen molar-refractivity contribution in [3.05, 3.63) is 57.6 Å². The Morgan fingerprint density at radius 1 is 1.15 bits per heavy atom. The number of rotatable bonds is 6. The third kappa shape index (κ3) is 4.68. The molecule has 0 radical (unpaired) electrons. The highest BCUT2D eigenvalue weighted by molar-refractivity contribution is 5.74. The number of nitrogens with two attached hydrogens (primary N) is 1. The Hall–Kier alpha value is -3.46. The van der Waals surface area contributed by atoms with Gasteiger partial charge in [0, 0.05) is 50.0 Å². The smallest absolute Gasteiger partial charge is 0.391 e. The minimum atomic E-state index is -0.830. The number of nitrogens with zero attached hydrogens (tertiary/aromatic N) is 4. The molecule has 9 nitrogen and oxygen atoms in total. The lowest BCUT2D eigenvalue weighted by atomic mass is 10.1. The number of piperazine rings is 1. The van der Waals surface area contributed by atoms with Gasteiger partial charge in [-0.05, 0) is 48.9 Å². The van der Waals surface area contributed by atoms with Gasteiger partial charge in [-0.25, -0.2) is 9.78 Å². The minimum absolute atomic E-state index is 0.0380. The standard InChI is InChI=1S/C24H28N6O3/c1-2-16-10-20-21(28-22(16)31)9-15(12-26-20)14-29-5-7-30(8-6-29)18-11-19(17-3-4-17)23(27-13-18)33-24(25)32/h9-13,17H,2-8,14H2,1H3,(H2,25,32)(H,28,31). The van der Waals surface area contributed by atoms with Gasteiger partial charge in [0.05, 0.1) is 22.9 Å². The normalized spacial score (nSPS) is 16.8. The zero-order valence-corrected chi connectivity index (χ0v) is 18.7. The fourth-order valence-corrected chi connectivity index (χ4v) is 4.44. The van der Waals surface area contributed by atoms with Crippen LogP contribution in [0.3, 0.4) is 0 Å². The quantitative estimate of drug-likeness (QED) is 0.595. The largest absolute Gasteiger partial charge is 0.411 e. The lowest BCUT2D eigenvalue weighted by Crippen LogP contribution is -2.46. The number of pyridine rings is 3. The predicted molar refractivity (Wildman–Crippen MR) is 126 cm³/mol. The zero-order chi connectivity index (χ0) is 22.9. The number of ether oxygens (including phenoxy) is 1. The van der Waals surface area contributed by atoms with Crippen molar-refractivity contribution in [1.29, 1.82) is 0 Å². The molecule has 1 amide bonds. The number of carbonyl (C=O) groups is 1. The molecule has 0 atom stereocenters. The average Bonchev–Trinajstić information content (AvgIpc) is 3.64. The monoisotopic (exact) mass is 448 g/mol. The summed E-state index contributed by atoms with van der Waals surface area (Å²) in [6, 6.07) is 5.99. The van der Waals surface area contributed by atoms with Gasteiger partial charge in [0.1, 0.15) is 0 Å². The fraction of sp³-hybridized carbons (Fsp3) is 0.417. The number of aryl methyl sites for hydroxylation is 1. The average molecular weight is 449 g/mol. The second kappa shape index (κ2) is 8.82. The maximum Gasteiger partial charge on any atom is 0.411 e. The van der Waals surface area contributed by atoms with E-state index in [4.69, 9.17) is 10.5 Å². The highest BCUT2D eigenvalue weighted by Crippen LogP contribution is 2.44. The van der Waals surface area contributed by atoms with Gasteiger partial charge in [-0.3, -0.25) is 14.7 Å². The van der Waals surface area contributed by atoms with Crippen LogP contribution in [0.1, 0.15) is 42.4 Å². The van der Waals surface area contributed by atoms with Crippen LogP contribution < -0.4 is 20.9 Å². The molecule has 0 unspecified atom stereocenters. The molecule has 0 aromatic carbocycles. The Kier molecular flexibility index (Phi) is 5.72. The number of hydrogen-bond acceptors (Lipinski definition) is 7. The summed E-state index contributed by atoms with van der Waals surface area (Å²) in [5, 5.41) is 0. The lowest BCUT2D eigenvalue weighted by molar-refractivity contribution is 0.208. The van der Waals surface area contributed by atoms with Crippen LogP contribution in [0.5, 0.6) is 5.88 Å². The molecule has 2 fully saturated rings. The highest BCUT2D eigenvalue weighted by Gasteiger charge is 2.29. The van der Waals surface area contributed by atoms with Gasteiger partial charge in [-0.2, -0.15) is 0 Å². The van der Waals surface area contributed by atoms with E-state index < -0.39 is 6.09 Å². The van der Waals surface area contributed by atoms with Crippen molar-refractivity contribution in [3.63, 3.8) is 0 Å². The van der Waals surface area contributed by atoms with E-state index in [1.165, 1.54) is 0 Å². The highest BCUT2D eigenvalue weighted by atomic mass is 16.6. The topological polar surface area (TPSA) is 117 Å². The van der Waals surface area contributed by atoms with E-state index in [1.54, 1.807) is 6.20 Å².